The van der Waals surface area contributed by atoms with Crippen LogP contribution in [-0.4, -0.2) is 64.6 Å². The lowest BCUT2D eigenvalue weighted by Crippen LogP contribution is -2.44. The second-order valence-electron chi connectivity index (χ2n) is 10.8. The number of carbonyl (C=O) groups is 3. The van der Waals surface area contributed by atoms with E-state index in [2.05, 4.69) is 25.3 Å². The number of H-pyrrole nitrogens is 1. The highest BCUT2D eigenvalue weighted by Crippen LogP contribution is 2.27. The highest BCUT2D eigenvalue weighted by Gasteiger charge is 2.23. The maximum absolute atomic E-state index is 14.7. The van der Waals surface area contributed by atoms with Crippen molar-refractivity contribution in [3.63, 3.8) is 0 Å². The Balaban J connectivity index is 1.87. The van der Waals surface area contributed by atoms with Gasteiger partial charge in [0.05, 0.1) is 30.9 Å². The number of anilines is 1. The van der Waals surface area contributed by atoms with Crippen LogP contribution in [0.15, 0.2) is 35.3 Å². The van der Waals surface area contributed by atoms with Crippen molar-refractivity contribution < 1.29 is 23.5 Å². The van der Waals surface area contributed by atoms with Crippen molar-refractivity contribution in [2.24, 2.45) is 5.92 Å². The zero-order valence-corrected chi connectivity index (χ0v) is 25.1. The summed E-state index contributed by atoms with van der Waals surface area (Å²) in [6, 6.07) is 2.18. The molecule has 3 aromatic heterocycles. The molecule has 0 bridgehead atoms. The summed E-state index contributed by atoms with van der Waals surface area (Å²) in [7, 11) is 4.42. The number of pyridine rings is 2. The molecule has 0 saturated carbocycles. The van der Waals surface area contributed by atoms with Gasteiger partial charge in [0.1, 0.15) is 17.5 Å². The summed E-state index contributed by atoms with van der Waals surface area (Å²) in [5.41, 5.74) is 3.55. The molecule has 0 aliphatic rings. The van der Waals surface area contributed by atoms with Crippen molar-refractivity contribution in [1.82, 2.24) is 24.8 Å². The van der Waals surface area contributed by atoms with Crippen molar-refractivity contribution in [3.05, 3.63) is 69.2 Å². The zero-order chi connectivity index (χ0) is 31.1. The van der Waals surface area contributed by atoms with E-state index in [9.17, 15) is 23.6 Å². The average Bonchev–Trinajstić information content (AvgIpc) is 3.25. The number of nitrogens with zero attached hydrogens (tertiary/aromatic N) is 3. The van der Waals surface area contributed by atoms with E-state index in [4.69, 9.17) is 0 Å². The highest BCUT2D eigenvalue weighted by atomic mass is 19.1. The smallest absolute Gasteiger partial charge is 0.407 e. The number of alkyl carbamates (subject to hydrolysis) is 1. The van der Waals surface area contributed by atoms with Crippen molar-refractivity contribution in [3.8, 4) is 0 Å². The average molecular weight is 583 g/mol. The number of aryl methyl sites for hydroxylation is 2. The first-order valence-corrected chi connectivity index (χ1v) is 13.7. The molecule has 0 aliphatic heterocycles. The number of allylic oxidation sites excluding steroid dienone is 1. The van der Waals surface area contributed by atoms with Crippen molar-refractivity contribution in [1.29, 1.82) is 0 Å². The molecule has 0 radical (unpaired) electrons. The molecule has 3 aromatic rings. The fourth-order valence-electron chi connectivity index (χ4n) is 4.50. The first kappa shape index (κ1) is 32.0. The molecule has 0 saturated heterocycles. The Morgan fingerprint density at radius 3 is 2.57 bits per heavy atom. The quantitative estimate of drug-likeness (QED) is 0.294. The minimum atomic E-state index is -1.03. The third kappa shape index (κ3) is 7.62. The number of carbonyl (C=O) groups excluding carboxylic acids is 3. The number of hydrogen-bond acceptors (Lipinski definition) is 6. The van der Waals surface area contributed by atoms with Gasteiger partial charge in [-0.3, -0.25) is 19.4 Å². The van der Waals surface area contributed by atoms with Gasteiger partial charge in [0.2, 0.25) is 11.8 Å². The van der Waals surface area contributed by atoms with Crippen LogP contribution < -0.4 is 16.2 Å². The summed E-state index contributed by atoms with van der Waals surface area (Å²) in [6.07, 6.45) is 4.42. The third-order valence-corrected chi connectivity index (χ3v) is 6.91. The minimum Gasteiger partial charge on any atom is -0.453 e. The number of methoxy groups -OCH3 is 1. The van der Waals surface area contributed by atoms with Crippen LogP contribution in [0.2, 0.25) is 0 Å². The molecule has 0 spiro atoms. The molecule has 3 N–H and O–H groups in total. The standard InChI is InChI=1S/C30H39FN6O5/c1-17(2)14-20-21(31)15-32-26-19(4)24(33-27(20)26)16-37-18(3)12-13-23(29(37)40)34-28(39)22(35-30(41)42-7)10-8-9-11-25(38)36(5)6/h9,11-13,15,17,22,33H,8,10,14,16H2,1-7H3,(H,34,39)(H,35,41)/b11-9+/t22-/m0/s1. The summed E-state index contributed by atoms with van der Waals surface area (Å²) in [5, 5.41) is 5.10. The molecular formula is C30H39FN6O5. The Kier molecular flexibility index (Phi) is 10.6. The number of likely N-dealkylation sites (N-methyl/N-ethyl adjacent to an activating group) is 1. The van der Waals surface area contributed by atoms with Gasteiger partial charge in [0.15, 0.2) is 0 Å². The Bertz CT molecular complexity index is 1560. The molecule has 42 heavy (non-hydrogen) atoms. The van der Waals surface area contributed by atoms with Crippen LogP contribution in [0, 0.1) is 25.6 Å². The van der Waals surface area contributed by atoms with E-state index in [1.54, 1.807) is 33.2 Å². The number of halogens is 1. The topological polar surface area (TPSA) is 138 Å². The lowest BCUT2D eigenvalue weighted by atomic mass is 10.0. The Hall–Kier alpha value is -4.48. The molecule has 3 amide bonds. The molecule has 0 fully saturated rings. The van der Waals surface area contributed by atoms with Gasteiger partial charge < -0.3 is 29.8 Å². The van der Waals surface area contributed by atoms with E-state index in [0.29, 0.717) is 40.8 Å². The van der Waals surface area contributed by atoms with Crippen molar-refractivity contribution in [2.45, 2.75) is 59.5 Å². The molecule has 11 nitrogen and oxygen atoms in total. The van der Waals surface area contributed by atoms with Gasteiger partial charge >= 0.3 is 6.09 Å². The summed E-state index contributed by atoms with van der Waals surface area (Å²) < 4.78 is 20.8. The largest absolute Gasteiger partial charge is 0.453 e. The molecule has 3 rings (SSSR count). The molecule has 12 heteroatoms. The fraction of sp³-hybridized carbons (Fsp3) is 0.433. The highest BCUT2D eigenvalue weighted by molar-refractivity contribution is 5.96. The van der Waals surface area contributed by atoms with Gasteiger partial charge in [0.25, 0.3) is 5.56 Å². The van der Waals surface area contributed by atoms with Crippen LogP contribution in [0.4, 0.5) is 14.9 Å². The number of aromatic amines is 1. The van der Waals surface area contributed by atoms with Crippen LogP contribution in [0.25, 0.3) is 11.0 Å². The van der Waals surface area contributed by atoms with Crippen LogP contribution in [0.3, 0.4) is 0 Å². The SMILES string of the molecule is COC(=O)N[C@@H](CC/C=C/C(=O)N(C)C)C(=O)Nc1ccc(C)n(Cc2[nH]c3c(CC(C)C)c(F)cnc3c2C)c1=O. The number of hydrogen-bond donors (Lipinski definition) is 3. The molecule has 226 valence electrons. The van der Waals surface area contributed by atoms with Gasteiger partial charge in [-0.2, -0.15) is 0 Å². The lowest BCUT2D eigenvalue weighted by Gasteiger charge is -2.18. The Morgan fingerprint density at radius 2 is 1.93 bits per heavy atom. The third-order valence-electron chi connectivity index (χ3n) is 6.91. The summed E-state index contributed by atoms with van der Waals surface area (Å²) >= 11 is 0. The first-order chi connectivity index (χ1) is 19.8. The number of rotatable bonds is 11. The molecule has 0 unspecified atom stereocenters. The molecule has 3 heterocycles. The number of nitrogens with one attached hydrogen (secondary N) is 3. The van der Waals surface area contributed by atoms with Crippen LogP contribution in [-0.2, 0) is 27.3 Å². The van der Waals surface area contributed by atoms with Gasteiger partial charge in [-0.25, -0.2) is 9.18 Å². The second kappa shape index (κ2) is 13.9. The normalized spacial score (nSPS) is 12.1. The predicted octanol–water partition coefficient (Wildman–Crippen LogP) is 3.82. The van der Waals surface area contributed by atoms with Gasteiger partial charge in [0, 0.05) is 31.0 Å². The maximum Gasteiger partial charge on any atom is 0.407 e. The Labute approximate surface area is 244 Å². The number of fused-ring (bicyclic) bond motifs is 1. The van der Waals surface area contributed by atoms with E-state index >= 15 is 0 Å². The summed E-state index contributed by atoms with van der Waals surface area (Å²) in [6.45, 7) is 7.82. The van der Waals surface area contributed by atoms with Gasteiger partial charge in [-0.1, -0.05) is 19.9 Å². The summed E-state index contributed by atoms with van der Waals surface area (Å²) in [5.74, 6) is -0.965. The second-order valence-corrected chi connectivity index (χ2v) is 10.8. The lowest BCUT2D eigenvalue weighted by molar-refractivity contribution is -0.123. The predicted molar refractivity (Wildman–Crippen MR) is 159 cm³/mol. The zero-order valence-electron chi connectivity index (χ0n) is 25.1. The number of ether oxygens (including phenoxy) is 1. The molecule has 0 aromatic carbocycles. The van der Waals surface area contributed by atoms with Gasteiger partial charge in [-0.05, 0) is 62.8 Å². The maximum atomic E-state index is 14.7. The van der Waals surface area contributed by atoms with E-state index in [1.807, 2.05) is 20.8 Å². The number of aromatic nitrogens is 3. The fourth-order valence-corrected chi connectivity index (χ4v) is 4.50. The van der Waals surface area contributed by atoms with E-state index in [-0.39, 0.29) is 36.3 Å². The first-order valence-electron chi connectivity index (χ1n) is 13.7. The van der Waals surface area contributed by atoms with Crippen molar-refractivity contribution in [2.75, 3.05) is 26.5 Å². The van der Waals surface area contributed by atoms with Gasteiger partial charge in [-0.15, -0.1) is 0 Å². The summed E-state index contributed by atoms with van der Waals surface area (Å²) in [4.78, 5) is 59.3. The Morgan fingerprint density at radius 1 is 1.21 bits per heavy atom. The van der Waals surface area contributed by atoms with E-state index < -0.39 is 23.6 Å². The molecule has 0 aliphatic carbocycles. The molecule has 1 atom stereocenters. The molecular weight excluding hydrogens is 543 g/mol. The van der Waals surface area contributed by atoms with Crippen LogP contribution in [0.1, 0.15) is 49.2 Å². The van der Waals surface area contributed by atoms with Crippen LogP contribution in [0.5, 0.6) is 0 Å². The number of amides is 3. The minimum absolute atomic E-state index is 0.0269. The monoisotopic (exact) mass is 582 g/mol. The van der Waals surface area contributed by atoms with Crippen LogP contribution >= 0.6 is 0 Å². The van der Waals surface area contributed by atoms with Crippen molar-refractivity contribution >= 4 is 34.6 Å². The van der Waals surface area contributed by atoms with E-state index in [1.165, 1.54) is 34.9 Å². The van der Waals surface area contributed by atoms with E-state index in [0.717, 1.165) is 5.56 Å².